The van der Waals surface area contributed by atoms with Crippen molar-refractivity contribution in [3.63, 3.8) is 0 Å². The number of piperazine rings is 1. The lowest BCUT2D eigenvalue weighted by atomic mass is 10.0. The topological polar surface area (TPSA) is 56.4 Å². The molecule has 0 aromatic heterocycles. The van der Waals surface area contributed by atoms with Crippen LogP contribution in [0.3, 0.4) is 0 Å². The van der Waals surface area contributed by atoms with E-state index in [1.807, 2.05) is 6.92 Å². The highest BCUT2D eigenvalue weighted by atomic mass is 19.4. The van der Waals surface area contributed by atoms with Gasteiger partial charge < -0.3 is 16.0 Å². The molecule has 1 aliphatic heterocycles. The minimum Gasteiger partial charge on any atom is -0.322 e. The van der Waals surface area contributed by atoms with E-state index in [4.69, 9.17) is 6.42 Å². The van der Waals surface area contributed by atoms with Gasteiger partial charge in [0.05, 0.1) is 11.1 Å². The van der Waals surface area contributed by atoms with Gasteiger partial charge in [0.15, 0.2) is 0 Å². The van der Waals surface area contributed by atoms with E-state index < -0.39 is 17.6 Å². The highest BCUT2D eigenvalue weighted by molar-refractivity contribution is 6.06. The molecule has 3 rings (SSSR count). The lowest BCUT2D eigenvalue weighted by Gasteiger charge is -2.27. The van der Waals surface area contributed by atoms with Crippen LogP contribution in [0.4, 0.5) is 18.9 Å². The summed E-state index contributed by atoms with van der Waals surface area (Å²) in [6.45, 7) is 7.04. The summed E-state index contributed by atoms with van der Waals surface area (Å²) in [5.41, 5.74) is 0.953. The molecule has 0 atom stereocenters. The van der Waals surface area contributed by atoms with Crippen LogP contribution in [0.5, 0.6) is 0 Å². The molecule has 1 heterocycles. The van der Waals surface area contributed by atoms with Crippen LogP contribution in [0.15, 0.2) is 36.4 Å². The predicted molar refractivity (Wildman–Crippen MR) is 120 cm³/mol. The number of terminal acetylenes is 1. The molecular formula is C24H27F3N4O. The first kappa shape index (κ1) is 23.8. The fourth-order valence-corrected chi connectivity index (χ4v) is 3.64. The van der Waals surface area contributed by atoms with Crippen LogP contribution < -0.4 is 16.0 Å². The summed E-state index contributed by atoms with van der Waals surface area (Å²) >= 11 is 0. The lowest BCUT2D eigenvalue weighted by Crippen LogP contribution is -2.45. The zero-order valence-corrected chi connectivity index (χ0v) is 18.0. The van der Waals surface area contributed by atoms with Crippen LogP contribution in [-0.2, 0) is 12.7 Å². The molecule has 8 heteroatoms. The minimum absolute atomic E-state index is 0.0652. The largest absolute Gasteiger partial charge is 0.416 e. The molecule has 0 unspecified atom stereocenters. The Morgan fingerprint density at radius 2 is 1.94 bits per heavy atom. The third-order valence-corrected chi connectivity index (χ3v) is 5.38. The maximum Gasteiger partial charge on any atom is 0.416 e. The Labute approximate surface area is 186 Å². The van der Waals surface area contributed by atoms with Crippen LogP contribution >= 0.6 is 0 Å². The summed E-state index contributed by atoms with van der Waals surface area (Å²) in [6, 6.07) is 8.82. The molecule has 1 fully saturated rings. The maximum atomic E-state index is 13.7. The van der Waals surface area contributed by atoms with Crippen LogP contribution in [0, 0.1) is 19.3 Å². The number of carbonyl (C=O) groups is 1. The zero-order chi connectivity index (χ0) is 23.1. The van der Waals surface area contributed by atoms with Gasteiger partial charge in [0.1, 0.15) is 0 Å². The molecule has 1 saturated heterocycles. The fourth-order valence-electron chi connectivity index (χ4n) is 3.64. The van der Waals surface area contributed by atoms with Gasteiger partial charge >= 0.3 is 6.18 Å². The van der Waals surface area contributed by atoms with Gasteiger partial charge in [-0.3, -0.25) is 9.69 Å². The molecule has 3 N–H and O–H groups in total. The molecule has 0 aliphatic carbocycles. The van der Waals surface area contributed by atoms with Crippen molar-refractivity contribution in [1.29, 1.82) is 0 Å². The standard InChI is InChI=1S/C24H27F3N4O/c1-3-18-14-17(2)4-7-21(18)23(32)30-20-6-5-19(22(15-20)24(25,26)27)16-29-10-13-31-11-8-28-9-12-31/h1,4-7,14-15,28-29H,8-13,16H2,2H3,(H,30,32). The van der Waals surface area contributed by atoms with Crippen molar-refractivity contribution in [2.45, 2.75) is 19.6 Å². The molecule has 0 spiro atoms. The highest BCUT2D eigenvalue weighted by Crippen LogP contribution is 2.34. The predicted octanol–water partition coefficient (Wildman–Crippen LogP) is 3.24. The second kappa shape index (κ2) is 10.6. The Morgan fingerprint density at radius 3 is 2.62 bits per heavy atom. The van der Waals surface area contributed by atoms with Crippen molar-refractivity contribution in [3.8, 4) is 12.3 Å². The third-order valence-electron chi connectivity index (χ3n) is 5.38. The number of alkyl halides is 3. The van der Waals surface area contributed by atoms with Crippen LogP contribution in [0.2, 0.25) is 0 Å². The number of hydrogen-bond acceptors (Lipinski definition) is 4. The van der Waals surface area contributed by atoms with Crippen LogP contribution in [-0.4, -0.2) is 50.1 Å². The number of benzene rings is 2. The van der Waals surface area contributed by atoms with Gasteiger partial charge in [0.25, 0.3) is 5.91 Å². The molecule has 1 amide bonds. The minimum atomic E-state index is -4.54. The van der Waals surface area contributed by atoms with E-state index in [0.717, 1.165) is 44.4 Å². The first-order chi connectivity index (χ1) is 15.3. The maximum absolute atomic E-state index is 13.7. The number of nitrogens with one attached hydrogen (secondary N) is 3. The molecule has 170 valence electrons. The fraction of sp³-hybridized carbons (Fsp3) is 0.375. The molecule has 2 aromatic carbocycles. The number of halogens is 3. The molecule has 32 heavy (non-hydrogen) atoms. The quantitative estimate of drug-likeness (QED) is 0.453. The first-order valence-electron chi connectivity index (χ1n) is 10.5. The SMILES string of the molecule is C#Cc1cc(C)ccc1C(=O)Nc1ccc(CNCCN2CCNCC2)c(C(F)(F)F)c1. The number of hydrogen-bond donors (Lipinski definition) is 3. The summed E-state index contributed by atoms with van der Waals surface area (Å²) in [6.07, 6.45) is 0.928. The Kier molecular flexibility index (Phi) is 7.91. The Bertz CT molecular complexity index is 992. The van der Waals surface area contributed by atoms with E-state index in [9.17, 15) is 18.0 Å². The number of anilines is 1. The van der Waals surface area contributed by atoms with E-state index in [-0.39, 0.29) is 23.4 Å². The smallest absolute Gasteiger partial charge is 0.322 e. The summed E-state index contributed by atoms with van der Waals surface area (Å²) in [5, 5.41) is 8.90. The van der Waals surface area contributed by atoms with E-state index in [1.54, 1.807) is 18.2 Å². The lowest BCUT2D eigenvalue weighted by molar-refractivity contribution is -0.138. The van der Waals surface area contributed by atoms with Gasteiger partial charge in [-0.2, -0.15) is 13.2 Å². The second-order valence-electron chi connectivity index (χ2n) is 7.79. The van der Waals surface area contributed by atoms with Crippen molar-refractivity contribution in [1.82, 2.24) is 15.5 Å². The molecule has 0 bridgehead atoms. The Hall–Kier alpha value is -2.86. The number of rotatable bonds is 7. The van der Waals surface area contributed by atoms with Crippen molar-refractivity contribution in [2.75, 3.05) is 44.6 Å². The molecule has 5 nitrogen and oxygen atoms in total. The number of amides is 1. The molecule has 0 saturated carbocycles. The second-order valence-corrected chi connectivity index (χ2v) is 7.79. The summed E-state index contributed by atoms with van der Waals surface area (Å²) in [7, 11) is 0. The monoisotopic (exact) mass is 444 g/mol. The normalized spacial score (nSPS) is 14.7. The number of aryl methyl sites for hydroxylation is 1. The third kappa shape index (κ3) is 6.33. The van der Waals surface area contributed by atoms with Crippen molar-refractivity contribution in [3.05, 3.63) is 64.2 Å². The average molecular weight is 445 g/mol. The van der Waals surface area contributed by atoms with Crippen molar-refractivity contribution >= 4 is 11.6 Å². The molecule has 0 radical (unpaired) electrons. The molecule has 2 aromatic rings. The van der Waals surface area contributed by atoms with Gasteiger partial charge in [-0.15, -0.1) is 6.42 Å². The highest BCUT2D eigenvalue weighted by Gasteiger charge is 2.33. The average Bonchev–Trinajstić information content (AvgIpc) is 2.77. The first-order valence-corrected chi connectivity index (χ1v) is 10.5. The summed E-state index contributed by atoms with van der Waals surface area (Å²) < 4.78 is 41.0. The molecule has 1 aliphatic rings. The van der Waals surface area contributed by atoms with Gasteiger partial charge in [0, 0.05) is 57.1 Å². The van der Waals surface area contributed by atoms with Gasteiger partial charge in [0.2, 0.25) is 0 Å². The zero-order valence-electron chi connectivity index (χ0n) is 18.0. The number of nitrogens with zero attached hydrogens (tertiary/aromatic N) is 1. The van der Waals surface area contributed by atoms with E-state index in [2.05, 4.69) is 26.8 Å². The van der Waals surface area contributed by atoms with Gasteiger partial charge in [-0.05, 0) is 42.3 Å². The van der Waals surface area contributed by atoms with E-state index in [1.165, 1.54) is 12.1 Å². The van der Waals surface area contributed by atoms with Gasteiger partial charge in [-0.25, -0.2) is 0 Å². The van der Waals surface area contributed by atoms with Crippen LogP contribution in [0.1, 0.15) is 32.6 Å². The van der Waals surface area contributed by atoms with Crippen molar-refractivity contribution < 1.29 is 18.0 Å². The van der Waals surface area contributed by atoms with Crippen LogP contribution in [0.25, 0.3) is 0 Å². The Balaban J connectivity index is 1.68. The summed E-state index contributed by atoms with van der Waals surface area (Å²) in [4.78, 5) is 14.9. The van der Waals surface area contributed by atoms with E-state index >= 15 is 0 Å². The van der Waals surface area contributed by atoms with E-state index in [0.29, 0.717) is 12.1 Å². The summed E-state index contributed by atoms with van der Waals surface area (Å²) in [5.74, 6) is 1.90. The number of carbonyl (C=O) groups excluding carboxylic acids is 1. The van der Waals surface area contributed by atoms with Gasteiger partial charge in [-0.1, -0.05) is 18.1 Å². The Morgan fingerprint density at radius 1 is 1.19 bits per heavy atom. The molecular weight excluding hydrogens is 417 g/mol. The van der Waals surface area contributed by atoms with Crippen molar-refractivity contribution in [2.24, 2.45) is 0 Å².